The minimum absolute atomic E-state index is 0.268. The van der Waals surface area contributed by atoms with Crippen LogP contribution in [0.2, 0.25) is 0 Å². The average Bonchev–Trinajstić information content (AvgIpc) is 3.11. The molecule has 114 valence electrons. The lowest BCUT2D eigenvalue weighted by molar-refractivity contribution is 0.117. The van der Waals surface area contributed by atoms with Crippen molar-refractivity contribution in [3.8, 4) is 0 Å². The molecule has 0 bridgehead atoms. The van der Waals surface area contributed by atoms with Crippen LogP contribution in [0.15, 0.2) is 21.9 Å². The van der Waals surface area contributed by atoms with Gasteiger partial charge in [0.1, 0.15) is 0 Å². The highest BCUT2D eigenvalue weighted by atomic mass is 32.1. The zero-order valence-electron chi connectivity index (χ0n) is 12.7. The van der Waals surface area contributed by atoms with Gasteiger partial charge in [-0.3, -0.25) is 4.90 Å². The zero-order chi connectivity index (χ0) is 14.7. The molecule has 6 heteroatoms. The normalized spacial score (nSPS) is 20.2. The maximum atomic E-state index is 5.88. The van der Waals surface area contributed by atoms with Crippen molar-refractivity contribution in [1.29, 1.82) is 0 Å². The van der Waals surface area contributed by atoms with E-state index in [-0.39, 0.29) is 6.04 Å². The molecule has 2 aromatic heterocycles. The Morgan fingerprint density at radius 1 is 1.38 bits per heavy atom. The standard InChI is InChI=1S/C15H22N4OS/c1-18(2)11-14-16-17-15(20-14)13-7-3-4-8-19(13)10-12-6-5-9-21-12/h5-6,9,13H,3-4,7-8,10-11H2,1-2H3. The molecule has 2 aromatic rings. The van der Waals surface area contributed by atoms with Crippen LogP contribution in [0, 0.1) is 0 Å². The van der Waals surface area contributed by atoms with Crippen molar-refractivity contribution in [2.45, 2.75) is 38.4 Å². The first-order valence-electron chi connectivity index (χ1n) is 7.46. The predicted octanol–water partition coefficient (Wildman–Crippen LogP) is 2.92. The summed E-state index contributed by atoms with van der Waals surface area (Å²) in [4.78, 5) is 5.92. The highest BCUT2D eigenvalue weighted by Gasteiger charge is 2.28. The van der Waals surface area contributed by atoms with Gasteiger partial charge in [0.05, 0.1) is 12.6 Å². The summed E-state index contributed by atoms with van der Waals surface area (Å²) in [7, 11) is 4.02. The predicted molar refractivity (Wildman–Crippen MR) is 83.0 cm³/mol. The lowest BCUT2D eigenvalue weighted by Gasteiger charge is -2.33. The Kier molecular flexibility index (Phi) is 4.67. The molecule has 3 heterocycles. The maximum absolute atomic E-state index is 5.88. The van der Waals surface area contributed by atoms with Crippen LogP contribution < -0.4 is 0 Å². The van der Waals surface area contributed by atoms with Gasteiger partial charge in [-0.1, -0.05) is 12.5 Å². The lowest BCUT2D eigenvalue weighted by Crippen LogP contribution is -2.32. The summed E-state index contributed by atoms with van der Waals surface area (Å²) in [6.07, 6.45) is 3.59. The van der Waals surface area contributed by atoms with Crippen LogP contribution in [0.1, 0.15) is 42.0 Å². The minimum atomic E-state index is 0.268. The molecule has 5 nitrogen and oxygen atoms in total. The third-order valence-electron chi connectivity index (χ3n) is 3.77. The number of hydrogen-bond acceptors (Lipinski definition) is 6. The Morgan fingerprint density at radius 3 is 3.05 bits per heavy atom. The molecule has 1 unspecified atom stereocenters. The van der Waals surface area contributed by atoms with E-state index in [1.807, 2.05) is 30.3 Å². The van der Waals surface area contributed by atoms with Crippen LogP contribution in [0.4, 0.5) is 0 Å². The Balaban J connectivity index is 1.72. The number of aromatic nitrogens is 2. The summed E-state index contributed by atoms with van der Waals surface area (Å²) in [5.74, 6) is 1.49. The number of rotatable bonds is 5. The molecule has 1 fully saturated rings. The van der Waals surface area contributed by atoms with E-state index in [1.54, 1.807) is 0 Å². The second kappa shape index (κ2) is 6.68. The van der Waals surface area contributed by atoms with Crippen LogP contribution in [0.3, 0.4) is 0 Å². The number of hydrogen-bond donors (Lipinski definition) is 0. The van der Waals surface area contributed by atoms with Gasteiger partial charge in [-0.05, 0) is 44.9 Å². The maximum Gasteiger partial charge on any atom is 0.233 e. The second-order valence-electron chi connectivity index (χ2n) is 5.83. The lowest BCUT2D eigenvalue weighted by atomic mass is 10.0. The average molecular weight is 306 g/mol. The van der Waals surface area contributed by atoms with E-state index < -0.39 is 0 Å². The van der Waals surface area contributed by atoms with Gasteiger partial charge in [-0.25, -0.2) is 0 Å². The van der Waals surface area contributed by atoms with Gasteiger partial charge in [0.15, 0.2) is 0 Å². The molecule has 0 spiro atoms. The topological polar surface area (TPSA) is 45.4 Å². The van der Waals surface area contributed by atoms with E-state index in [2.05, 4.69) is 32.6 Å². The first-order chi connectivity index (χ1) is 10.2. The van der Waals surface area contributed by atoms with Crippen molar-refractivity contribution in [3.63, 3.8) is 0 Å². The highest BCUT2D eigenvalue weighted by Crippen LogP contribution is 2.32. The smallest absolute Gasteiger partial charge is 0.233 e. The van der Waals surface area contributed by atoms with Crippen molar-refractivity contribution in [2.75, 3.05) is 20.6 Å². The Morgan fingerprint density at radius 2 is 2.29 bits per heavy atom. The van der Waals surface area contributed by atoms with Crippen LogP contribution in [0.25, 0.3) is 0 Å². The van der Waals surface area contributed by atoms with E-state index in [0.717, 1.165) is 25.4 Å². The van der Waals surface area contributed by atoms with Crippen LogP contribution in [-0.4, -0.2) is 40.6 Å². The van der Waals surface area contributed by atoms with Gasteiger partial charge in [-0.2, -0.15) is 0 Å². The molecule has 1 aliphatic heterocycles. The van der Waals surface area contributed by atoms with Gasteiger partial charge >= 0.3 is 0 Å². The molecule has 0 radical (unpaired) electrons. The van der Waals surface area contributed by atoms with Gasteiger partial charge in [0.25, 0.3) is 0 Å². The van der Waals surface area contributed by atoms with E-state index in [4.69, 9.17) is 4.42 Å². The highest BCUT2D eigenvalue weighted by molar-refractivity contribution is 7.09. The van der Waals surface area contributed by atoms with E-state index >= 15 is 0 Å². The van der Waals surface area contributed by atoms with Crippen LogP contribution >= 0.6 is 11.3 Å². The fourth-order valence-corrected chi connectivity index (χ4v) is 3.53. The number of thiophene rings is 1. The Labute approximate surface area is 129 Å². The molecule has 0 amide bonds. The van der Waals surface area contributed by atoms with Crippen molar-refractivity contribution in [1.82, 2.24) is 20.0 Å². The second-order valence-corrected chi connectivity index (χ2v) is 6.87. The fraction of sp³-hybridized carbons (Fsp3) is 0.600. The molecule has 3 rings (SSSR count). The number of nitrogens with zero attached hydrogens (tertiary/aromatic N) is 4. The molecular weight excluding hydrogens is 284 g/mol. The SMILES string of the molecule is CN(C)Cc1nnc(C2CCCCN2Cc2cccs2)o1. The van der Waals surface area contributed by atoms with Crippen molar-refractivity contribution in [3.05, 3.63) is 34.2 Å². The van der Waals surface area contributed by atoms with E-state index in [1.165, 1.54) is 17.7 Å². The first kappa shape index (κ1) is 14.7. The summed E-state index contributed by atoms with van der Waals surface area (Å²) in [5, 5.41) is 10.6. The largest absolute Gasteiger partial charge is 0.422 e. The minimum Gasteiger partial charge on any atom is -0.422 e. The fourth-order valence-electron chi connectivity index (χ4n) is 2.80. The van der Waals surface area contributed by atoms with Gasteiger partial charge in [0, 0.05) is 11.4 Å². The van der Waals surface area contributed by atoms with Crippen LogP contribution in [-0.2, 0) is 13.1 Å². The molecule has 1 saturated heterocycles. The molecule has 21 heavy (non-hydrogen) atoms. The third kappa shape index (κ3) is 3.70. The third-order valence-corrected chi connectivity index (χ3v) is 4.63. The summed E-state index contributed by atoms with van der Waals surface area (Å²) in [6, 6.07) is 4.58. The Bertz CT molecular complexity index is 552. The molecule has 0 saturated carbocycles. The summed E-state index contributed by atoms with van der Waals surface area (Å²) in [6.45, 7) is 2.78. The van der Waals surface area contributed by atoms with Gasteiger partial charge in [-0.15, -0.1) is 21.5 Å². The van der Waals surface area contributed by atoms with Crippen molar-refractivity contribution < 1.29 is 4.42 Å². The number of piperidine rings is 1. The Hall–Kier alpha value is -1.24. The first-order valence-corrected chi connectivity index (χ1v) is 8.34. The van der Waals surface area contributed by atoms with E-state index in [9.17, 15) is 0 Å². The summed E-state index contributed by atoms with van der Waals surface area (Å²) < 4.78 is 5.88. The molecule has 0 N–H and O–H groups in total. The van der Waals surface area contributed by atoms with Gasteiger partial charge in [0.2, 0.25) is 11.8 Å². The van der Waals surface area contributed by atoms with Crippen molar-refractivity contribution >= 4 is 11.3 Å². The molecule has 1 aliphatic rings. The molecule has 0 aliphatic carbocycles. The van der Waals surface area contributed by atoms with Crippen LogP contribution in [0.5, 0.6) is 0 Å². The van der Waals surface area contributed by atoms with Gasteiger partial charge < -0.3 is 9.32 Å². The van der Waals surface area contributed by atoms with Crippen molar-refractivity contribution in [2.24, 2.45) is 0 Å². The quantitative estimate of drug-likeness (QED) is 0.850. The zero-order valence-corrected chi connectivity index (χ0v) is 13.5. The summed E-state index contributed by atoms with van der Waals surface area (Å²) >= 11 is 1.81. The molecular formula is C15H22N4OS. The summed E-state index contributed by atoms with van der Waals surface area (Å²) in [5.41, 5.74) is 0. The molecule has 0 aromatic carbocycles. The monoisotopic (exact) mass is 306 g/mol. The van der Waals surface area contributed by atoms with E-state index in [0.29, 0.717) is 12.4 Å². The number of likely N-dealkylation sites (tertiary alicyclic amines) is 1. The molecule has 1 atom stereocenters.